The third-order valence-electron chi connectivity index (χ3n) is 4.32. The van der Waals surface area contributed by atoms with E-state index in [1.165, 1.54) is 5.56 Å². The molecule has 1 aromatic carbocycles. The highest BCUT2D eigenvalue weighted by Gasteiger charge is 2.28. The van der Waals surface area contributed by atoms with Gasteiger partial charge in [0.1, 0.15) is 0 Å². The average molecular weight is 257 g/mol. The molecule has 0 amide bonds. The van der Waals surface area contributed by atoms with Crippen LogP contribution in [0.15, 0.2) is 18.2 Å². The Labute approximate surface area is 116 Å². The summed E-state index contributed by atoms with van der Waals surface area (Å²) in [5.41, 5.74) is 3.03. The molecule has 0 bridgehead atoms. The molecule has 1 fully saturated rings. The maximum absolute atomic E-state index is 9.00. The number of benzene rings is 1. The van der Waals surface area contributed by atoms with Crippen molar-refractivity contribution in [1.29, 1.82) is 5.26 Å². The van der Waals surface area contributed by atoms with Crippen molar-refractivity contribution < 1.29 is 0 Å². The highest BCUT2D eigenvalue weighted by molar-refractivity contribution is 5.55. The molecule has 1 aromatic rings. The molecule has 0 aromatic heterocycles. The van der Waals surface area contributed by atoms with Crippen molar-refractivity contribution in [1.82, 2.24) is 4.90 Å². The van der Waals surface area contributed by atoms with E-state index in [-0.39, 0.29) is 0 Å². The zero-order valence-corrected chi connectivity index (χ0v) is 12.3. The average Bonchev–Trinajstić information content (AvgIpc) is 2.38. The lowest BCUT2D eigenvalue weighted by Crippen LogP contribution is -2.48. The molecule has 19 heavy (non-hydrogen) atoms. The Morgan fingerprint density at radius 3 is 2.79 bits per heavy atom. The summed E-state index contributed by atoms with van der Waals surface area (Å²) in [7, 11) is 2.19. The van der Waals surface area contributed by atoms with Gasteiger partial charge in [-0.05, 0) is 50.9 Å². The minimum absolute atomic E-state index is 0.485. The van der Waals surface area contributed by atoms with Gasteiger partial charge in [0.2, 0.25) is 0 Å². The minimum atomic E-state index is 0.485. The largest absolute Gasteiger partial charge is 0.382 e. The van der Waals surface area contributed by atoms with Gasteiger partial charge in [-0.15, -0.1) is 0 Å². The van der Waals surface area contributed by atoms with Gasteiger partial charge in [0, 0.05) is 24.3 Å². The molecule has 1 heterocycles. The maximum Gasteiger partial charge on any atom is 0.0992 e. The van der Waals surface area contributed by atoms with Gasteiger partial charge in [0.05, 0.1) is 11.6 Å². The van der Waals surface area contributed by atoms with Crippen LogP contribution < -0.4 is 5.32 Å². The molecule has 0 spiro atoms. The van der Waals surface area contributed by atoms with E-state index in [1.807, 2.05) is 18.2 Å². The number of nitriles is 1. The maximum atomic E-state index is 9.00. The number of hydrogen-bond donors (Lipinski definition) is 1. The smallest absolute Gasteiger partial charge is 0.0992 e. The van der Waals surface area contributed by atoms with E-state index in [1.54, 1.807) is 0 Å². The molecule has 102 valence electrons. The van der Waals surface area contributed by atoms with Crippen molar-refractivity contribution in [3.63, 3.8) is 0 Å². The monoisotopic (exact) mass is 257 g/mol. The lowest BCUT2D eigenvalue weighted by molar-refractivity contribution is 0.145. The van der Waals surface area contributed by atoms with E-state index in [2.05, 4.69) is 44.1 Å². The van der Waals surface area contributed by atoms with Crippen LogP contribution in [-0.2, 0) is 0 Å². The zero-order valence-electron chi connectivity index (χ0n) is 12.3. The number of aryl methyl sites for hydroxylation is 1. The Morgan fingerprint density at radius 2 is 2.11 bits per heavy atom. The van der Waals surface area contributed by atoms with Crippen LogP contribution in [0, 0.1) is 24.2 Å². The predicted molar refractivity (Wildman–Crippen MR) is 79.2 cm³/mol. The quantitative estimate of drug-likeness (QED) is 0.885. The summed E-state index contributed by atoms with van der Waals surface area (Å²) in [6.07, 6.45) is 1.15. The van der Waals surface area contributed by atoms with E-state index in [9.17, 15) is 0 Å². The van der Waals surface area contributed by atoms with E-state index in [0.717, 1.165) is 24.2 Å². The van der Waals surface area contributed by atoms with Crippen LogP contribution in [0.5, 0.6) is 0 Å². The van der Waals surface area contributed by atoms with Crippen molar-refractivity contribution in [2.24, 2.45) is 5.92 Å². The summed E-state index contributed by atoms with van der Waals surface area (Å²) >= 11 is 0. The Morgan fingerprint density at radius 1 is 1.37 bits per heavy atom. The number of rotatable bonds is 2. The topological polar surface area (TPSA) is 39.1 Å². The van der Waals surface area contributed by atoms with Crippen LogP contribution in [0.1, 0.15) is 31.4 Å². The van der Waals surface area contributed by atoms with E-state index < -0.39 is 0 Å². The van der Waals surface area contributed by atoms with Crippen LogP contribution >= 0.6 is 0 Å². The van der Waals surface area contributed by atoms with Gasteiger partial charge in [-0.3, -0.25) is 0 Å². The molecule has 1 saturated heterocycles. The van der Waals surface area contributed by atoms with Gasteiger partial charge in [-0.25, -0.2) is 0 Å². The second-order valence-electron chi connectivity index (χ2n) is 5.89. The van der Waals surface area contributed by atoms with Gasteiger partial charge in [0.15, 0.2) is 0 Å². The van der Waals surface area contributed by atoms with Crippen LogP contribution in [0.3, 0.4) is 0 Å². The van der Waals surface area contributed by atoms with E-state index in [0.29, 0.717) is 18.0 Å². The molecule has 3 heteroatoms. The highest BCUT2D eigenvalue weighted by atomic mass is 15.2. The Balaban J connectivity index is 2.15. The van der Waals surface area contributed by atoms with Crippen LogP contribution in [-0.4, -0.2) is 30.6 Å². The molecule has 3 unspecified atom stereocenters. The number of hydrogen-bond acceptors (Lipinski definition) is 3. The normalized spacial score (nSPS) is 27.8. The number of piperidine rings is 1. The molecule has 0 saturated carbocycles. The molecule has 0 radical (unpaired) electrons. The van der Waals surface area contributed by atoms with Gasteiger partial charge < -0.3 is 10.2 Å². The molecular formula is C16H23N3. The summed E-state index contributed by atoms with van der Waals surface area (Å²) < 4.78 is 0. The van der Waals surface area contributed by atoms with Crippen LogP contribution in [0.4, 0.5) is 5.69 Å². The van der Waals surface area contributed by atoms with Crippen molar-refractivity contribution in [2.75, 3.05) is 18.9 Å². The van der Waals surface area contributed by atoms with E-state index >= 15 is 0 Å². The lowest BCUT2D eigenvalue weighted by atomic mass is 9.89. The van der Waals surface area contributed by atoms with E-state index in [4.69, 9.17) is 5.26 Å². The fourth-order valence-corrected chi connectivity index (χ4v) is 2.79. The summed E-state index contributed by atoms with van der Waals surface area (Å²) in [4.78, 5) is 2.42. The van der Waals surface area contributed by atoms with Crippen LogP contribution in [0.25, 0.3) is 0 Å². The zero-order chi connectivity index (χ0) is 14.0. The van der Waals surface area contributed by atoms with Crippen molar-refractivity contribution >= 4 is 5.69 Å². The second-order valence-corrected chi connectivity index (χ2v) is 5.89. The molecule has 2 rings (SSSR count). The fraction of sp³-hybridized carbons (Fsp3) is 0.562. The first-order chi connectivity index (χ1) is 9.01. The summed E-state index contributed by atoms with van der Waals surface area (Å²) in [6.45, 7) is 7.78. The van der Waals surface area contributed by atoms with Gasteiger partial charge in [-0.2, -0.15) is 5.26 Å². The first-order valence-electron chi connectivity index (χ1n) is 6.98. The second kappa shape index (κ2) is 5.63. The molecule has 1 aliphatic rings. The SMILES string of the molecule is Cc1ccc(C#N)cc1NC1CC(C)N(C)CC1C. The van der Waals surface area contributed by atoms with Crippen molar-refractivity contribution in [3.8, 4) is 6.07 Å². The Kier molecular flexibility index (Phi) is 4.11. The van der Waals surface area contributed by atoms with Crippen molar-refractivity contribution in [3.05, 3.63) is 29.3 Å². The van der Waals surface area contributed by atoms with Gasteiger partial charge in [-0.1, -0.05) is 13.0 Å². The molecule has 3 atom stereocenters. The summed E-state index contributed by atoms with van der Waals surface area (Å²) in [5.74, 6) is 0.617. The summed E-state index contributed by atoms with van der Waals surface area (Å²) in [5, 5.41) is 12.6. The van der Waals surface area contributed by atoms with Crippen LogP contribution in [0.2, 0.25) is 0 Å². The molecule has 1 aliphatic heterocycles. The lowest BCUT2D eigenvalue weighted by Gasteiger charge is -2.40. The first-order valence-corrected chi connectivity index (χ1v) is 6.98. The highest BCUT2D eigenvalue weighted by Crippen LogP contribution is 2.26. The Hall–Kier alpha value is -1.53. The fourth-order valence-electron chi connectivity index (χ4n) is 2.79. The number of nitrogens with one attached hydrogen (secondary N) is 1. The molecule has 0 aliphatic carbocycles. The molecular weight excluding hydrogens is 234 g/mol. The van der Waals surface area contributed by atoms with Gasteiger partial charge >= 0.3 is 0 Å². The number of likely N-dealkylation sites (tertiary alicyclic amines) is 1. The Bertz CT molecular complexity index is 489. The third-order valence-corrected chi connectivity index (χ3v) is 4.32. The number of nitrogens with zero attached hydrogens (tertiary/aromatic N) is 2. The van der Waals surface area contributed by atoms with Crippen molar-refractivity contribution in [2.45, 2.75) is 39.3 Å². The minimum Gasteiger partial charge on any atom is -0.382 e. The number of anilines is 1. The molecule has 3 nitrogen and oxygen atoms in total. The standard InChI is InChI=1S/C16H23N3/c1-11-5-6-14(9-17)8-16(11)18-15-7-13(3)19(4)10-12(15)2/h5-6,8,12-13,15,18H,7,10H2,1-4H3. The predicted octanol–water partition coefficient (Wildman–Crippen LogP) is 3.01. The molecule has 1 N–H and O–H groups in total. The van der Waals surface area contributed by atoms with Gasteiger partial charge in [0.25, 0.3) is 0 Å². The summed E-state index contributed by atoms with van der Waals surface area (Å²) in [6, 6.07) is 9.16. The third kappa shape index (κ3) is 3.08. The first kappa shape index (κ1) is 13.9.